The largest absolute Gasteiger partial charge is 0.360 e. The number of aromatic amines is 1. The number of hydrogen-bond donors (Lipinski definition) is 1. The molecule has 1 aliphatic rings. The minimum atomic E-state index is 0.250. The van der Waals surface area contributed by atoms with E-state index in [9.17, 15) is 4.79 Å². The molecule has 1 saturated carbocycles. The molecule has 0 aliphatic heterocycles. The Morgan fingerprint density at radius 3 is 2.84 bits per heavy atom. The normalized spacial score (nSPS) is 16.9. The second kappa shape index (κ2) is 5.38. The van der Waals surface area contributed by atoms with Crippen molar-refractivity contribution in [3.8, 4) is 0 Å². The lowest BCUT2D eigenvalue weighted by molar-refractivity contribution is 0.0952. The Kier molecular flexibility index (Phi) is 3.61. The van der Waals surface area contributed by atoms with Crippen LogP contribution in [0.4, 0.5) is 0 Å². The highest BCUT2D eigenvalue weighted by Crippen LogP contribution is 2.29. The second-order valence-electron chi connectivity index (χ2n) is 5.52. The number of hydrogen-bond acceptors (Lipinski definition) is 1. The highest BCUT2D eigenvalue weighted by atomic mass is 35.5. The third-order valence-corrected chi connectivity index (χ3v) is 4.38. The van der Waals surface area contributed by atoms with Crippen molar-refractivity contribution in [1.29, 1.82) is 0 Å². The molecule has 1 aromatic heterocycles. The fourth-order valence-corrected chi connectivity index (χ4v) is 3.26. The van der Waals surface area contributed by atoms with Gasteiger partial charge in [-0.25, -0.2) is 0 Å². The van der Waals surface area contributed by atoms with Crippen molar-refractivity contribution in [2.24, 2.45) is 5.92 Å². The summed E-state index contributed by atoms with van der Waals surface area (Å²) in [5.41, 5.74) is 1.78. The minimum absolute atomic E-state index is 0.250. The molecule has 1 aromatic carbocycles. The van der Waals surface area contributed by atoms with E-state index in [0.717, 1.165) is 16.5 Å². The number of benzene rings is 1. The van der Waals surface area contributed by atoms with Gasteiger partial charge >= 0.3 is 0 Å². The molecule has 19 heavy (non-hydrogen) atoms. The minimum Gasteiger partial charge on any atom is -0.360 e. The van der Waals surface area contributed by atoms with Crippen molar-refractivity contribution in [2.75, 3.05) is 0 Å². The summed E-state index contributed by atoms with van der Waals surface area (Å²) in [6.07, 6.45) is 8.79. The molecule has 100 valence electrons. The van der Waals surface area contributed by atoms with E-state index >= 15 is 0 Å². The average molecular weight is 276 g/mol. The molecule has 0 radical (unpaired) electrons. The number of Topliss-reactive ketones (excluding diaryl/α,β-unsaturated/α-hetero) is 1. The predicted octanol–water partition coefficient (Wildman–Crippen LogP) is 4.97. The Labute approximate surface area is 118 Å². The second-order valence-corrected chi connectivity index (χ2v) is 5.96. The summed E-state index contributed by atoms with van der Waals surface area (Å²) in [5, 5.41) is 1.63. The van der Waals surface area contributed by atoms with Crippen LogP contribution in [0.2, 0.25) is 5.02 Å². The van der Waals surface area contributed by atoms with Crippen molar-refractivity contribution in [3.63, 3.8) is 0 Å². The summed E-state index contributed by atoms with van der Waals surface area (Å²) in [6, 6.07) is 5.65. The predicted molar refractivity (Wildman–Crippen MR) is 78.8 cm³/mol. The van der Waals surface area contributed by atoms with Gasteiger partial charge in [0.05, 0.1) is 0 Å². The maximum absolute atomic E-state index is 12.4. The molecule has 2 aromatic rings. The van der Waals surface area contributed by atoms with E-state index < -0.39 is 0 Å². The van der Waals surface area contributed by atoms with Crippen molar-refractivity contribution in [2.45, 2.75) is 38.5 Å². The molecule has 0 amide bonds. The number of rotatable bonds is 3. The summed E-state index contributed by atoms with van der Waals surface area (Å²) in [7, 11) is 0. The van der Waals surface area contributed by atoms with Crippen LogP contribution in [-0.2, 0) is 0 Å². The molecule has 1 fully saturated rings. The first-order valence-electron chi connectivity index (χ1n) is 7.04. The molecule has 1 heterocycles. The number of carbonyl (C=O) groups is 1. The van der Waals surface area contributed by atoms with Crippen LogP contribution in [0.25, 0.3) is 10.9 Å². The van der Waals surface area contributed by atoms with Gasteiger partial charge < -0.3 is 4.98 Å². The zero-order valence-corrected chi connectivity index (χ0v) is 11.7. The van der Waals surface area contributed by atoms with Crippen molar-refractivity contribution >= 4 is 28.3 Å². The first kappa shape index (κ1) is 12.7. The number of H-pyrrole nitrogens is 1. The van der Waals surface area contributed by atoms with Gasteiger partial charge in [-0.2, -0.15) is 0 Å². The standard InChI is InChI=1S/C16H18ClNO/c17-12-6-7-15-13(9-12)14(10-18-15)16(19)8-11-4-2-1-3-5-11/h6-7,9-11,18H,1-5,8H2. The Morgan fingerprint density at radius 2 is 2.05 bits per heavy atom. The molecule has 0 spiro atoms. The lowest BCUT2D eigenvalue weighted by atomic mass is 9.85. The maximum Gasteiger partial charge on any atom is 0.165 e. The topological polar surface area (TPSA) is 32.9 Å². The van der Waals surface area contributed by atoms with Crippen molar-refractivity contribution in [3.05, 3.63) is 35.0 Å². The molecular weight excluding hydrogens is 258 g/mol. The Hall–Kier alpha value is -1.28. The summed E-state index contributed by atoms with van der Waals surface area (Å²) in [4.78, 5) is 15.6. The molecule has 0 saturated heterocycles. The van der Waals surface area contributed by atoms with Crippen LogP contribution in [0.3, 0.4) is 0 Å². The average Bonchev–Trinajstić information content (AvgIpc) is 2.82. The van der Waals surface area contributed by atoms with Gasteiger partial charge in [0.25, 0.3) is 0 Å². The molecule has 3 heteroatoms. The Bertz CT molecular complexity index is 596. The summed E-state index contributed by atoms with van der Waals surface area (Å²) in [6.45, 7) is 0. The number of carbonyl (C=O) groups excluding carboxylic acids is 1. The molecule has 0 unspecified atom stereocenters. The molecule has 0 atom stereocenters. The van der Waals surface area contributed by atoms with Gasteiger partial charge in [-0.05, 0) is 24.1 Å². The van der Waals surface area contributed by atoms with Gasteiger partial charge in [-0.1, -0.05) is 43.7 Å². The van der Waals surface area contributed by atoms with Gasteiger partial charge in [0, 0.05) is 34.1 Å². The van der Waals surface area contributed by atoms with E-state index in [1.807, 2.05) is 24.4 Å². The lowest BCUT2D eigenvalue weighted by Gasteiger charge is -2.20. The molecule has 1 aliphatic carbocycles. The first-order valence-corrected chi connectivity index (χ1v) is 7.41. The van der Waals surface area contributed by atoms with Gasteiger partial charge in [0.15, 0.2) is 5.78 Å². The van der Waals surface area contributed by atoms with Crippen molar-refractivity contribution in [1.82, 2.24) is 4.98 Å². The number of nitrogens with one attached hydrogen (secondary N) is 1. The van der Waals surface area contributed by atoms with Gasteiger partial charge in [0.1, 0.15) is 0 Å². The van der Waals surface area contributed by atoms with Crippen LogP contribution >= 0.6 is 11.6 Å². The maximum atomic E-state index is 12.4. The Morgan fingerprint density at radius 1 is 1.26 bits per heavy atom. The highest BCUT2D eigenvalue weighted by Gasteiger charge is 2.20. The zero-order valence-electron chi connectivity index (χ0n) is 10.9. The van der Waals surface area contributed by atoms with E-state index in [2.05, 4.69) is 4.98 Å². The summed E-state index contributed by atoms with van der Waals surface area (Å²) in [5.74, 6) is 0.825. The van der Waals surface area contributed by atoms with Crippen LogP contribution in [0, 0.1) is 5.92 Å². The third kappa shape index (κ3) is 2.69. The van der Waals surface area contributed by atoms with E-state index in [-0.39, 0.29) is 5.78 Å². The summed E-state index contributed by atoms with van der Waals surface area (Å²) >= 11 is 6.02. The zero-order chi connectivity index (χ0) is 13.2. The monoisotopic (exact) mass is 275 g/mol. The van der Waals surface area contributed by atoms with Crippen LogP contribution < -0.4 is 0 Å². The fourth-order valence-electron chi connectivity index (χ4n) is 3.09. The van der Waals surface area contributed by atoms with Crippen LogP contribution in [-0.4, -0.2) is 10.8 Å². The number of halogens is 1. The fraction of sp³-hybridized carbons (Fsp3) is 0.438. The quantitative estimate of drug-likeness (QED) is 0.788. The number of aromatic nitrogens is 1. The highest BCUT2D eigenvalue weighted by molar-refractivity contribution is 6.31. The smallest absolute Gasteiger partial charge is 0.165 e. The van der Waals surface area contributed by atoms with E-state index in [0.29, 0.717) is 17.4 Å². The number of ketones is 1. The molecule has 3 rings (SSSR count). The summed E-state index contributed by atoms with van der Waals surface area (Å²) < 4.78 is 0. The molecule has 2 nitrogen and oxygen atoms in total. The van der Waals surface area contributed by atoms with Crippen molar-refractivity contribution < 1.29 is 4.79 Å². The molecular formula is C16H18ClNO. The van der Waals surface area contributed by atoms with Gasteiger partial charge in [-0.3, -0.25) is 4.79 Å². The SMILES string of the molecule is O=C(CC1CCCCC1)c1c[nH]c2ccc(Cl)cc12. The Balaban J connectivity index is 1.82. The van der Waals surface area contributed by atoms with E-state index in [4.69, 9.17) is 11.6 Å². The third-order valence-electron chi connectivity index (χ3n) is 4.14. The van der Waals surface area contributed by atoms with Crippen LogP contribution in [0.1, 0.15) is 48.9 Å². The van der Waals surface area contributed by atoms with Gasteiger partial charge in [0.2, 0.25) is 0 Å². The number of fused-ring (bicyclic) bond motifs is 1. The van der Waals surface area contributed by atoms with E-state index in [1.165, 1.54) is 32.1 Å². The molecule has 0 bridgehead atoms. The van der Waals surface area contributed by atoms with E-state index in [1.54, 1.807) is 0 Å². The van der Waals surface area contributed by atoms with Crippen LogP contribution in [0.5, 0.6) is 0 Å². The van der Waals surface area contributed by atoms with Gasteiger partial charge in [-0.15, -0.1) is 0 Å². The molecule has 1 N–H and O–H groups in total. The van der Waals surface area contributed by atoms with Crippen LogP contribution in [0.15, 0.2) is 24.4 Å². The lowest BCUT2D eigenvalue weighted by Crippen LogP contribution is -2.12. The first-order chi connectivity index (χ1) is 9.24.